The van der Waals surface area contributed by atoms with Crippen LogP contribution in [0.1, 0.15) is 20.8 Å². The van der Waals surface area contributed by atoms with Crippen LogP contribution in [0.3, 0.4) is 0 Å². The average molecular weight is 281 g/mol. The van der Waals surface area contributed by atoms with Gasteiger partial charge in [-0.25, -0.2) is 18.2 Å². The minimum absolute atomic E-state index is 0. The van der Waals surface area contributed by atoms with Crippen molar-refractivity contribution in [3.05, 3.63) is 37.1 Å². The molecule has 1 aliphatic carbocycles. The summed E-state index contributed by atoms with van der Waals surface area (Å²) in [7, 11) is 0. The predicted octanol–water partition coefficient (Wildman–Crippen LogP) is -3.47. The first-order valence-corrected chi connectivity index (χ1v) is 4.23. The average Bonchev–Trinajstić information content (AvgIpc) is 2.38. The summed E-state index contributed by atoms with van der Waals surface area (Å²) in [5, 5.41) is 0. The quantitative estimate of drug-likeness (QED) is 0.376. The van der Waals surface area contributed by atoms with Crippen molar-refractivity contribution >= 4 is 0 Å². The van der Waals surface area contributed by atoms with Gasteiger partial charge >= 0.3 is 21.7 Å². The van der Waals surface area contributed by atoms with Crippen LogP contribution in [0, 0.1) is 6.08 Å². The standard InChI is InChI=1S/C11H16N.2ClH.Ti/c1-5-12(11(2,3)4)10-8-6-7-9-10;;;/h5-8,10H,1H2,2-4H3;2*1H;/q-1;;;+3/p-2. The van der Waals surface area contributed by atoms with Crippen LogP contribution in [-0.2, 0) is 21.7 Å². The summed E-state index contributed by atoms with van der Waals surface area (Å²) >= 11 is 0. The molecule has 0 aromatic carbocycles. The summed E-state index contributed by atoms with van der Waals surface area (Å²) < 4.78 is 0. The molecule has 1 radical (unpaired) electrons. The maximum absolute atomic E-state index is 3.81. The minimum atomic E-state index is 0. The zero-order valence-electron chi connectivity index (χ0n) is 9.30. The normalized spacial score (nSPS) is 17.1. The van der Waals surface area contributed by atoms with Gasteiger partial charge in [-0.2, -0.15) is 6.08 Å². The molecule has 0 amide bonds. The maximum atomic E-state index is 3.81. The van der Waals surface area contributed by atoms with Crippen molar-refractivity contribution in [1.29, 1.82) is 0 Å². The summed E-state index contributed by atoms with van der Waals surface area (Å²) in [4.78, 5) is 2.19. The number of hydrogen-bond acceptors (Lipinski definition) is 1. The third-order valence-electron chi connectivity index (χ3n) is 1.93. The first-order chi connectivity index (χ1) is 5.55. The van der Waals surface area contributed by atoms with Gasteiger partial charge in [-0.1, -0.05) is 6.58 Å². The van der Waals surface area contributed by atoms with Crippen molar-refractivity contribution in [1.82, 2.24) is 4.90 Å². The number of allylic oxidation sites excluding steroid dienone is 2. The number of hydrogen-bond donors (Lipinski definition) is 0. The topological polar surface area (TPSA) is 3.24 Å². The zero-order chi connectivity index (χ0) is 9.19. The third-order valence-corrected chi connectivity index (χ3v) is 1.93. The van der Waals surface area contributed by atoms with Crippen molar-refractivity contribution in [2.75, 3.05) is 0 Å². The molecule has 0 heterocycles. The Hall–Kier alpha value is 0.314. The Morgan fingerprint density at radius 2 is 1.87 bits per heavy atom. The van der Waals surface area contributed by atoms with E-state index in [1.54, 1.807) is 0 Å². The van der Waals surface area contributed by atoms with E-state index in [4.69, 9.17) is 0 Å². The molecule has 0 aromatic heterocycles. The Balaban J connectivity index is -0.000000480. The van der Waals surface area contributed by atoms with Crippen LogP contribution >= 0.6 is 0 Å². The monoisotopic (exact) mass is 280 g/mol. The van der Waals surface area contributed by atoms with Gasteiger partial charge in [0.2, 0.25) is 0 Å². The van der Waals surface area contributed by atoms with Crippen molar-refractivity contribution in [3.63, 3.8) is 0 Å². The predicted molar refractivity (Wildman–Crippen MR) is 52.5 cm³/mol. The van der Waals surface area contributed by atoms with E-state index in [9.17, 15) is 0 Å². The first kappa shape index (κ1) is 20.7. The molecule has 1 atom stereocenters. The van der Waals surface area contributed by atoms with Crippen LogP contribution in [0.4, 0.5) is 0 Å². The Bertz CT molecular complexity index is 219. The van der Waals surface area contributed by atoms with Crippen LogP contribution < -0.4 is 24.8 Å². The summed E-state index contributed by atoms with van der Waals surface area (Å²) in [5.41, 5.74) is 0.113. The second-order valence-corrected chi connectivity index (χ2v) is 3.92. The molecule has 83 valence electrons. The van der Waals surface area contributed by atoms with Crippen LogP contribution in [0.5, 0.6) is 0 Å². The van der Waals surface area contributed by atoms with Gasteiger partial charge in [-0.3, -0.25) is 0 Å². The molecule has 0 aromatic rings. The van der Waals surface area contributed by atoms with E-state index in [2.05, 4.69) is 44.4 Å². The van der Waals surface area contributed by atoms with Crippen molar-refractivity contribution in [2.24, 2.45) is 0 Å². The van der Waals surface area contributed by atoms with Gasteiger partial charge in [0.1, 0.15) is 0 Å². The summed E-state index contributed by atoms with van der Waals surface area (Å²) in [6, 6.07) is 0.266. The second kappa shape index (κ2) is 8.46. The van der Waals surface area contributed by atoms with Crippen molar-refractivity contribution in [2.45, 2.75) is 32.4 Å². The fourth-order valence-corrected chi connectivity index (χ4v) is 1.35. The van der Waals surface area contributed by atoms with Gasteiger partial charge in [0.05, 0.1) is 0 Å². The fraction of sp³-hybridized carbons (Fsp3) is 0.455. The minimum Gasteiger partial charge on any atom is -1.00 e. The molecule has 15 heavy (non-hydrogen) atoms. The molecular formula is C11H16Cl2NTi. The molecule has 1 unspecified atom stereocenters. The Morgan fingerprint density at radius 1 is 1.33 bits per heavy atom. The molecule has 0 spiro atoms. The molecule has 0 saturated heterocycles. The van der Waals surface area contributed by atoms with Gasteiger partial charge in [0, 0.05) is 5.54 Å². The van der Waals surface area contributed by atoms with E-state index in [-0.39, 0.29) is 58.1 Å². The molecule has 1 rings (SSSR count). The third kappa shape index (κ3) is 5.82. The first-order valence-electron chi connectivity index (χ1n) is 4.23. The second-order valence-electron chi connectivity index (χ2n) is 3.92. The molecular weight excluding hydrogens is 265 g/mol. The molecule has 0 N–H and O–H groups in total. The number of rotatable bonds is 2. The molecule has 1 nitrogen and oxygen atoms in total. The molecule has 4 heteroatoms. The SMILES string of the molecule is C=CN(C1[C-]=CC=C1)C(C)(C)C.[Cl-].[Cl-].[Ti+3]. The van der Waals surface area contributed by atoms with E-state index in [1.807, 2.05) is 18.4 Å². The van der Waals surface area contributed by atoms with Gasteiger partial charge in [-0.15, -0.1) is 0 Å². The van der Waals surface area contributed by atoms with Crippen LogP contribution in [0.25, 0.3) is 0 Å². The van der Waals surface area contributed by atoms with Gasteiger partial charge < -0.3 is 29.7 Å². The molecule has 0 aliphatic heterocycles. The fourth-order valence-electron chi connectivity index (χ4n) is 1.35. The number of nitrogens with zero attached hydrogens (tertiary/aromatic N) is 1. The van der Waals surface area contributed by atoms with E-state index < -0.39 is 0 Å². The molecule has 0 saturated carbocycles. The van der Waals surface area contributed by atoms with E-state index >= 15 is 0 Å². The maximum Gasteiger partial charge on any atom is 3.00 e. The Labute approximate surface area is 120 Å². The summed E-state index contributed by atoms with van der Waals surface area (Å²) in [5.74, 6) is 0. The van der Waals surface area contributed by atoms with Crippen molar-refractivity contribution < 1.29 is 46.5 Å². The van der Waals surface area contributed by atoms with Gasteiger partial charge in [-0.05, 0) is 33.0 Å². The van der Waals surface area contributed by atoms with E-state index in [0.29, 0.717) is 0 Å². The Morgan fingerprint density at radius 3 is 2.13 bits per heavy atom. The summed E-state index contributed by atoms with van der Waals surface area (Å²) in [6.45, 7) is 10.3. The zero-order valence-corrected chi connectivity index (χ0v) is 12.4. The largest absolute Gasteiger partial charge is 3.00 e. The van der Waals surface area contributed by atoms with Crippen LogP contribution in [0.2, 0.25) is 0 Å². The van der Waals surface area contributed by atoms with E-state index in [0.717, 1.165) is 0 Å². The summed E-state index contributed by atoms with van der Waals surface area (Å²) in [6.07, 6.45) is 11.2. The van der Waals surface area contributed by atoms with Crippen molar-refractivity contribution in [3.8, 4) is 0 Å². The van der Waals surface area contributed by atoms with Crippen LogP contribution in [-0.4, -0.2) is 16.5 Å². The number of halogens is 2. The van der Waals surface area contributed by atoms with Gasteiger partial charge in [0.15, 0.2) is 0 Å². The van der Waals surface area contributed by atoms with Crippen LogP contribution in [0.15, 0.2) is 31.0 Å². The molecule has 0 fully saturated rings. The molecule has 0 bridgehead atoms. The Kier molecular flexibility index (Phi) is 11.7. The molecule has 1 aliphatic rings. The smallest absolute Gasteiger partial charge is 1.00 e. The van der Waals surface area contributed by atoms with E-state index in [1.165, 1.54) is 0 Å². The van der Waals surface area contributed by atoms with Gasteiger partial charge in [0.25, 0.3) is 0 Å².